The zero-order valence-corrected chi connectivity index (χ0v) is 12.1. The summed E-state index contributed by atoms with van der Waals surface area (Å²) in [7, 11) is 1.89. The van der Waals surface area contributed by atoms with E-state index in [-0.39, 0.29) is 11.9 Å². The summed E-state index contributed by atoms with van der Waals surface area (Å²) >= 11 is 3.22. The van der Waals surface area contributed by atoms with E-state index in [1.807, 2.05) is 24.3 Å². The van der Waals surface area contributed by atoms with Crippen LogP contribution in [-0.2, 0) is 7.05 Å². The summed E-state index contributed by atoms with van der Waals surface area (Å²) in [4.78, 5) is 14.4. The highest BCUT2D eigenvalue weighted by Gasteiger charge is 2.31. The minimum Gasteiger partial charge on any atom is -0.457 e. The van der Waals surface area contributed by atoms with Gasteiger partial charge in [0, 0.05) is 31.4 Å². The maximum Gasteiger partial charge on any atom is 0.257 e. The molecule has 3 heterocycles. The molecule has 1 aliphatic rings. The van der Waals surface area contributed by atoms with Gasteiger partial charge in [-0.25, -0.2) is 0 Å². The van der Waals surface area contributed by atoms with Gasteiger partial charge in [-0.15, -0.1) is 0 Å². The largest absolute Gasteiger partial charge is 0.457 e. The highest BCUT2D eigenvalue weighted by molar-refractivity contribution is 9.10. The fraction of sp³-hybridized carbons (Fsp3) is 0.385. The van der Waals surface area contributed by atoms with Gasteiger partial charge in [-0.2, -0.15) is 5.10 Å². The Labute approximate surface area is 119 Å². The summed E-state index contributed by atoms with van der Waals surface area (Å²) in [6, 6.07) is 1.83. The Bertz CT molecular complexity index is 605. The van der Waals surface area contributed by atoms with E-state index in [1.165, 1.54) is 6.26 Å². The van der Waals surface area contributed by atoms with Gasteiger partial charge in [0.15, 0.2) is 4.67 Å². The van der Waals surface area contributed by atoms with Gasteiger partial charge in [-0.1, -0.05) is 0 Å². The zero-order chi connectivity index (χ0) is 13.4. The first-order chi connectivity index (χ1) is 9.15. The second-order valence-electron chi connectivity index (χ2n) is 4.74. The number of carbonyl (C=O) groups excluding carboxylic acids is 1. The molecule has 1 amide bonds. The molecular formula is C13H14BrN3O2. The van der Waals surface area contributed by atoms with Crippen molar-refractivity contribution in [2.45, 2.75) is 18.9 Å². The smallest absolute Gasteiger partial charge is 0.257 e. The third-order valence-electron chi connectivity index (χ3n) is 3.44. The highest BCUT2D eigenvalue weighted by atomic mass is 79.9. The van der Waals surface area contributed by atoms with Gasteiger partial charge in [0.25, 0.3) is 5.91 Å². The molecule has 0 saturated carbocycles. The number of rotatable bonds is 2. The Kier molecular flexibility index (Phi) is 3.18. The van der Waals surface area contributed by atoms with E-state index in [2.05, 4.69) is 21.0 Å². The van der Waals surface area contributed by atoms with Gasteiger partial charge in [-0.3, -0.25) is 9.48 Å². The summed E-state index contributed by atoms with van der Waals surface area (Å²) < 4.78 is 7.49. The van der Waals surface area contributed by atoms with Gasteiger partial charge in [0.2, 0.25) is 0 Å². The van der Waals surface area contributed by atoms with Crippen molar-refractivity contribution in [3.05, 3.63) is 40.5 Å². The van der Waals surface area contributed by atoms with Crippen molar-refractivity contribution in [3.8, 4) is 0 Å². The molecule has 1 fully saturated rings. The van der Waals surface area contributed by atoms with E-state index in [1.54, 1.807) is 10.7 Å². The van der Waals surface area contributed by atoms with Gasteiger partial charge in [0.1, 0.15) is 6.26 Å². The lowest BCUT2D eigenvalue weighted by atomic mass is 10.1. The summed E-state index contributed by atoms with van der Waals surface area (Å²) in [6.45, 7) is 0.779. The molecule has 0 spiro atoms. The molecule has 5 nitrogen and oxygen atoms in total. The van der Waals surface area contributed by atoms with Crippen molar-refractivity contribution < 1.29 is 9.21 Å². The summed E-state index contributed by atoms with van der Waals surface area (Å²) in [5.41, 5.74) is 1.68. The van der Waals surface area contributed by atoms with Crippen LogP contribution in [-0.4, -0.2) is 27.1 Å². The van der Waals surface area contributed by atoms with E-state index >= 15 is 0 Å². The number of aromatic nitrogens is 2. The molecule has 0 N–H and O–H groups in total. The summed E-state index contributed by atoms with van der Waals surface area (Å²) in [6.07, 6.45) is 7.30. The fourth-order valence-electron chi connectivity index (χ4n) is 2.56. The summed E-state index contributed by atoms with van der Waals surface area (Å²) in [5.74, 6) is 0.0146. The minimum absolute atomic E-state index is 0.0146. The zero-order valence-electron chi connectivity index (χ0n) is 10.5. The van der Waals surface area contributed by atoms with Gasteiger partial charge >= 0.3 is 0 Å². The van der Waals surface area contributed by atoms with Crippen molar-refractivity contribution in [1.82, 2.24) is 14.7 Å². The maximum absolute atomic E-state index is 12.5. The third kappa shape index (κ3) is 2.32. The molecule has 1 saturated heterocycles. The van der Waals surface area contributed by atoms with Crippen LogP contribution < -0.4 is 0 Å². The third-order valence-corrected chi connectivity index (χ3v) is 3.85. The quantitative estimate of drug-likeness (QED) is 0.853. The molecule has 0 aliphatic carbocycles. The van der Waals surface area contributed by atoms with Crippen LogP contribution in [0.3, 0.4) is 0 Å². The molecular weight excluding hydrogens is 310 g/mol. The van der Waals surface area contributed by atoms with Crippen LogP contribution >= 0.6 is 15.9 Å². The average Bonchev–Trinajstić information content (AvgIpc) is 3.07. The normalized spacial score (nSPS) is 19.1. The van der Waals surface area contributed by atoms with Crippen LogP contribution in [0.5, 0.6) is 0 Å². The lowest BCUT2D eigenvalue weighted by Crippen LogP contribution is -2.30. The van der Waals surface area contributed by atoms with Crippen LogP contribution in [0, 0.1) is 0 Å². The molecule has 100 valence electrons. The van der Waals surface area contributed by atoms with E-state index in [0.29, 0.717) is 10.2 Å². The van der Waals surface area contributed by atoms with Crippen LogP contribution in [0.4, 0.5) is 0 Å². The molecule has 2 aromatic heterocycles. The molecule has 0 bridgehead atoms. The van der Waals surface area contributed by atoms with Gasteiger partial charge in [0.05, 0.1) is 17.8 Å². The number of amides is 1. The molecule has 0 aromatic carbocycles. The number of hydrogen-bond donors (Lipinski definition) is 0. The molecule has 0 unspecified atom stereocenters. The van der Waals surface area contributed by atoms with Crippen molar-refractivity contribution >= 4 is 21.8 Å². The molecule has 0 radical (unpaired) electrons. The molecule has 1 atom stereocenters. The number of aryl methyl sites for hydroxylation is 1. The molecule has 3 rings (SSSR count). The van der Waals surface area contributed by atoms with Crippen LogP contribution in [0.15, 0.2) is 33.8 Å². The van der Waals surface area contributed by atoms with Gasteiger partial charge < -0.3 is 9.32 Å². The van der Waals surface area contributed by atoms with E-state index in [9.17, 15) is 4.79 Å². The van der Waals surface area contributed by atoms with Crippen molar-refractivity contribution in [3.63, 3.8) is 0 Å². The first kappa shape index (κ1) is 12.5. The minimum atomic E-state index is 0.0146. The SMILES string of the molecule is Cn1cc([C@@H]2CCCN2C(=O)c2coc(Br)c2)cn1. The highest BCUT2D eigenvalue weighted by Crippen LogP contribution is 2.33. The van der Waals surface area contributed by atoms with Crippen molar-refractivity contribution in [2.75, 3.05) is 6.54 Å². The Morgan fingerprint density at radius 2 is 2.42 bits per heavy atom. The predicted molar refractivity (Wildman–Crippen MR) is 72.6 cm³/mol. The van der Waals surface area contributed by atoms with E-state index in [0.717, 1.165) is 24.9 Å². The number of hydrogen-bond acceptors (Lipinski definition) is 3. The molecule has 2 aromatic rings. The fourth-order valence-corrected chi connectivity index (χ4v) is 2.90. The van der Waals surface area contributed by atoms with E-state index < -0.39 is 0 Å². The summed E-state index contributed by atoms with van der Waals surface area (Å²) in [5, 5.41) is 4.18. The number of halogens is 1. The molecule has 19 heavy (non-hydrogen) atoms. The number of carbonyl (C=O) groups is 1. The topological polar surface area (TPSA) is 51.3 Å². The monoisotopic (exact) mass is 323 g/mol. The van der Waals surface area contributed by atoms with Crippen molar-refractivity contribution in [2.24, 2.45) is 7.05 Å². The number of nitrogens with zero attached hydrogens (tertiary/aromatic N) is 3. The van der Waals surface area contributed by atoms with Crippen LogP contribution in [0.1, 0.15) is 34.8 Å². The number of furan rings is 1. The van der Waals surface area contributed by atoms with Crippen LogP contribution in [0.2, 0.25) is 0 Å². The first-order valence-electron chi connectivity index (χ1n) is 6.18. The first-order valence-corrected chi connectivity index (χ1v) is 6.98. The van der Waals surface area contributed by atoms with E-state index in [4.69, 9.17) is 4.42 Å². The number of likely N-dealkylation sites (tertiary alicyclic amines) is 1. The van der Waals surface area contributed by atoms with Gasteiger partial charge in [-0.05, 0) is 28.8 Å². The average molecular weight is 324 g/mol. The standard InChI is InChI=1S/C13H14BrN3O2/c1-16-7-10(6-15-16)11-3-2-4-17(11)13(18)9-5-12(14)19-8-9/h5-8,11H,2-4H2,1H3/t11-/m0/s1. The lowest BCUT2D eigenvalue weighted by molar-refractivity contribution is 0.0735. The lowest BCUT2D eigenvalue weighted by Gasteiger charge is -2.23. The Balaban J connectivity index is 1.85. The molecule has 6 heteroatoms. The molecule has 1 aliphatic heterocycles. The maximum atomic E-state index is 12.5. The second-order valence-corrected chi connectivity index (χ2v) is 5.52. The Morgan fingerprint density at radius 1 is 1.58 bits per heavy atom. The second kappa shape index (κ2) is 4.85. The van der Waals surface area contributed by atoms with Crippen molar-refractivity contribution in [1.29, 1.82) is 0 Å². The Hall–Kier alpha value is -1.56. The Morgan fingerprint density at radius 3 is 3.05 bits per heavy atom. The van der Waals surface area contributed by atoms with Crippen LogP contribution in [0.25, 0.3) is 0 Å². The predicted octanol–water partition coefficient (Wildman–Crippen LogP) is 2.75.